The second-order valence-electron chi connectivity index (χ2n) is 5.83. The number of rotatable bonds is 6. The quantitative estimate of drug-likeness (QED) is 0.781. The van der Waals surface area contributed by atoms with Gasteiger partial charge in [-0.3, -0.25) is 0 Å². The van der Waals surface area contributed by atoms with Gasteiger partial charge in [0.25, 0.3) is 0 Å². The number of hydrogen-bond acceptors (Lipinski definition) is 5. The largest absolute Gasteiger partial charge is 0.445 e. The van der Waals surface area contributed by atoms with Gasteiger partial charge in [-0.2, -0.15) is 0 Å². The van der Waals surface area contributed by atoms with E-state index in [2.05, 4.69) is 10.6 Å². The van der Waals surface area contributed by atoms with E-state index in [4.69, 9.17) is 9.47 Å². The van der Waals surface area contributed by atoms with Gasteiger partial charge in [0.1, 0.15) is 24.5 Å². The Bertz CT molecular complexity index is 525. The highest BCUT2D eigenvalue weighted by Gasteiger charge is 2.18. The van der Waals surface area contributed by atoms with Crippen molar-refractivity contribution in [2.45, 2.75) is 39.0 Å². The molecule has 0 aromatic heterocycles. The molecule has 0 unspecified atom stereocenters. The Morgan fingerprint density at radius 3 is 2.39 bits per heavy atom. The van der Waals surface area contributed by atoms with Crippen LogP contribution in [0.2, 0.25) is 0 Å². The van der Waals surface area contributed by atoms with Crippen molar-refractivity contribution >= 4 is 18.5 Å². The fourth-order valence-corrected chi connectivity index (χ4v) is 1.56. The molecule has 2 amide bonds. The van der Waals surface area contributed by atoms with Crippen LogP contribution in [0.15, 0.2) is 30.3 Å². The highest BCUT2D eigenvalue weighted by atomic mass is 16.6. The Balaban J connectivity index is 2.33. The van der Waals surface area contributed by atoms with E-state index >= 15 is 0 Å². The van der Waals surface area contributed by atoms with Crippen molar-refractivity contribution in [1.29, 1.82) is 0 Å². The number of carbonyl (C=O) groups excluding carboxylic acids is 3. The van der Waals surface area contributed by atoms with Crippen LogP contribution in [-0.4, -0.2) is 36.7 Å². The van der Waals surface area contributed by atoms with Gasteiger partial charge in [0, 0.05) is 6.54 Å². The number of alkyl carbamates (subject to hydrolysis) is 2. The van der Waals surface area contributed by atoms with Crippen molar-refractivity contribution in [1.82, 2.24) is 10.6 Å². The number of amides is 2. The van der Waals surface area contributed by atoms with Crippen molar-refractivity contribution in [3.8, 4) is 0 Å². The molecule has 7 heteroatoms. The van der Waals surface area contributed by atoms with E-state index in [-0.39, 0.29) is 13.2 Å². The Morgan fingerprint density at radius 1 is 1.17 bits per heavy atom. The van der Waals surface area contributed by atoms with Crippen LogP contribution in [0.25, 0.3) is 0 Å². The molecule has 1 aromatic carbocycles. The number of benzene rings is 1. The minimum absolute atomic E-state index is 0.0845. The zero-order valence-electron chi connectivity index (χ0n) is 13.5. The predicted molar refractivity (Wildman–Crippen MR) is 83.9 cm³/mol. The highest BCUT2D eigenvalue weighted by molar-refractivity contribution is 5.74. The summed E-state index contributed by atoms with van der Waals surface area (Å²) >= 11 is 0. The van der Waals surface area contributed by atoms with E-state index in [1.807, 2.05) is 30.3 Å². The Hall–Kier alpha value is -2.57. The fourth-order valence-electron chi connectivity index (χ4n) is 1.56. The van der Waals surface area contributed by atoms with Crippen LogP contribution in [0.4, 0.5) is 9.59 Å². The summed E-state index contributed by atoms with van der Waals surface area (Å²) in [4.78, 5) is 34.1. The van der Waals surface area contributed by atoms with E-state index in [0.717, 1.165) is 5.56 Å². The molecule has 0 aliphatic carbocycles. The van der Waals surface area contributed by atoms with Gasteiger partial charge in [-0.1, -0.05) is 30.3 Å². The summed E-state index contributed by atoms with van der Waals surface area (Å²) < 4.78 is 10.0. The predicted octanol–water partition coefficient (Wildman–Crippen LogP) is 2.00. The lowest BCUT2D eigenvalue weighted by molar-refractivity contribution is -0.109. The van der Waals surface area contributed by atoms with Crippen LogP contribution in [0, 0.1) is 0 Å². The molecule has 0 saturated carbocycles. The first-order valence-corrected chi connectivity index (χ1v) is 7.19. The number of ether oxygens (including phenoxy) is 2. The lowest BCUT2D eigenvalue weighted by atomic mass is 10.2. The van der Waals surface area contributed by atoms with Crippen molar-refractivity contribution < 1.29 is 23.9 Å². The first-order valence-electron chi connectivity index (χ1n) is 7.19. The molecule has 0 heterocycles. The molecule has 0 spiro atoms. The molecule has 0 aliphatic rings. The van der Waals surface area contributed by atoms with Gasteiger partial charge in [-0.15, -0.1) is 0 Å². The first-order chi connectivity index (χ1) is 10.8. The van der Waals surface area contributed by atoms with Crippen molar-refractivity contribution in [3.05, 3.63) is 35.9 Å². The van der Waals surface area contributed by atoms with Crippen molar-refractivity contribution in [2.24, 2.45) is 0 Å². The van der Waals surface area contributed by atoms with Gasteiger partial charge in [-0.05, 0) is 26.3 Å². The molecule has 0 saturated heterocycles. The summed E-state index contributed by atoms with van der Waals surface area (Å²) in [6, 6.07) is 8.24. The first kappa shape index (κ1) is 18.5. The SMILES string of the molecule is CC(C)(C)OC(=O)NC[C@@H](C=O)NC(=O)OCc1ccccc1. The van der Waals surface area contributed by atoms with Crippen LogP contribution in [0.3, 0.4) is 0 Å². The summed E-state index contributed by atoms with van der Waals surface area (Å²) in [7, 11) is 0. The fraction of sp³-hybridized carbons (Fsp3) is 0.438. The number of aldehydes is 1. The minimum atomic E-state index is -0.897. The summed E-state index contributed by atoms with van der Waals surface area (Å²) in [6.45, 7) is 5.19. The minimum Gasteiger partial charge on any atom is -0.445 e. The van der Waals surface area contributed by atoms with E-state index in [1.165, 1.54) is 0 Å². The monoisotopic (exact) mass is 322 g/mol. The van der Waals surface area contributed by atoms with E-state index in [9.17, 15) is 14.4 Å². The average molecular weight is 322 g/mol. The molecule has 0 bridgehead atoms. The van der Waals surface area contributed by atoms with E-state index in [0.29, 0.717) is 6.29 Å². The van der Waals surface area contributed by atoms with E-state index < -0.39 is 23.8 Å². The number of hydrogen-bond donors (Lipinski definition) is 2. The Labute approximate surface area is 135 Å². The van der Waals surface area contributed by atoms with Crippen molar-refractivity contribution in [3.63, 3.8) is 0 Å². The van der Waals surface area contributed by atoms with E-state index in [1.54, 1.807) is 20.8 Å². The van der Waals surface area contributed by atoms with Gasteiger partial charge >= 0.3 is 12.2 Å². The number of nitrogens with one attached hydrogen (secondary N) is 2. The van der Waals surface area contributed by atoms with Gasteiger partial charge in [0.15, 0.2) is 0 Å². The van der Waals surface area contributed by atoms with Gasteiger partial charge in [-0.25, -0.2) is 9.59 Å². The molecule has 0 radical (unpaired) electrons. The molecule has 0 aliphatic heterocycles. The third-order valence-corrected chi connectivity index (χ3v) is 2.55. The summed E-state index contributed by atoms with van der Waals surface area (Å²) in [5.41, 5.74) is 0.195. The molecule has 7 nitrogen and oxygen atoms in total. The maximum absolute atomic E-state index is 11.6. The molecular weight excluding hydrogens is 300 g/mol. The summed E-state index contributed by atoms with van der Waals surface area (Å²) in [5.74, 6) is 0. The van der Waals surface area contributed by atoms with Crippen LogP contribution in [0.5, 0.6) is 0 Å². The molecule has 1 aromatic rings. The standard InChI is InChI=1S/C16H22N2O5/c1-16(2,3)23-14(20)17-9-13(10-19)18-15(21)22-11-12-7-5-4-6-8-12/h4-8,10,13H,9,11H2,1-3H3,(H,17,20)(H,18,21)/t13-/m0/s1. The number of carbonyl (C=O) groups is 3. The molecular formula is C16H22N2O5. The average Bonchev–Trinajstić information content (AvgIpc) is 2.48. The zero-order valence-corrected chi connectivity index (χ0v) is 13.5. The smallest absolute Gasteiger partial charge is 0.408 e. The molecule has 0 fully saturated rings. The van der Waals surface area contributed by atoms with Crippen molar-refractivity contribution in [2.75, 3.05) is 6.54 Å². The lowest BCUT2D eigenvalue weighted by Gasteiger charge is -2.20. The summed E-state index contributed by atoms with van der Waals surface area (Å²) in [5, 5.41) is 4.76. The maximum Gasteiger partial charge on any atom is 0.408 e. The third kappa shape index (κ3) is 8.45. The van der Waals surface area contributed by atoms with Gasteiger partial charge in [0.05, 0.1) is 0 Å². The Kier molecular flexibility index (Phi) is 7.05. The second kappa shape index (κ2) is 8.77. The zero-order chi connectivity index (χ0) is 17.3. The van der Waals surface area contributed by atoms with Crippen LogP contribution < -0.4 is 10.6 Å². The molecule has 2 N–H and O–H groups in total. The normalized spacial score (nSPS) is 12.0. The van der Waals surface area contributed by atoms with Crippen LogP contribution in [0.1, 0.15) is 26.3 Å². The topological polar surface area (TPSA) is 93.7 Å². The molecule has 1 atom stereocenters. The molecule has 1 rings (SSSR count). The van der Waals surface area contributed by atoms with Crippen LogP contribution >= 0.6 is 0 Å². The maximum atomic E-state index is 11.6. The highest BCUT2D eigenvalue weighted by Crippen LogP contribution is 2.06. The molecule has 126 valence electrons. The lowest BCUT2D eigenvalue weighted by Crippen LogP contribution is -2.45. The second-order valence-corrected chi connectivity index (χ2v) is 5.83. The third-order valence-electron chi connectivity index (χ3n) is 2.55. The molecule has 23 heavy (non-hydrogen) atoms. The summed E-state index contributed by atoms with van der Waals surface area (Å²) in [6.07, 6.45) is -0.887. The van der Waals surface area contributed by atoms with Crippen LogP contribution in [-0.2, 0) is 20.9 Å². The Morgan fingerprint density at radius 2 is 1.83 bits per heavy atom. The van der Waals surface area contributed by atoms with Gasteiger partial charge in [0.2, 0.25) is 0 Å². The van der Waals surface area contributed by atoms with Gasteiger partial charge < -0.3 is 24.9 Å².